The summed E-state index contributed by atoms with van der Waals surface area (Å²) in [7, 11) is 0. The topological polar surface area (TPSA) is 34.4 Å². The normalized spacial score (nSPS) is 13.9. The van der Waals surface area contributed by atoms with Gasteiger partial charge in [-0.3, -0.25) is 0 Å². The van der Waals surface area contributed by atoms with E-state index in [2.05, 4.69) is 10.1 Å². The fourth-order valence-corrected chi connectivity index (χ4v) is 1.32. The van der Waals surface area contributed by atoms with Crippen LogP contribution in [0.15, 0.2) is 22.8 Å². The lowest BCUT2D eigenvalue weighted by Crippen LogP contribution is -2.22. The zero-order valence-corrected chi connectivity index (χ0v) is 9.59. The molecule has 1 rings (SSSR count). The van der Waals surface area contributed by atoms with Crippen molar-refractivity contribution < 1.29 is 22.3 Å². The SMILES string of the molecule is CC(NCCCOCC(F)(F)F)c1ccco1. The fraction of sp³-hybridized carbons (Fsp3) is 0.636. The Bertz CT molecular complexity index is 298. The highest BCUT2D eigenvalue weighted by Gasteiger charge is 2.27. The number of hydrogen-bond acceptors (Lipinski definition) is 3. The summed E-state index contributed by atoms with van der Waals surface area (Å²) in [6.45, 7) is 1.42. The summed E-state index contributed by atoms with van der Waals surface area (Å²) >= 11 is 0. The van der Waals surface area contributed by atoms with Crippen molar-refractivity contribution in [1.29, 1.82) is 0 Å². The number of hydrogen-bond donors (Lipinski definition) is 1. The molecular weight excluding hydrogens is 235 g/mol. The summed E-state index contributed by atoms with van der Waals surface area (Å²) in [4.78, 5) is 0. The summed E-state index contributed by atoms with van der Waals surface area (Å²) in [6, 6.07) is 3.69. The van der Waals surface area contributed by atoms with Crippen molar-refractivity contribution in [2.75, 3.05) is 19.8 Å². The van der Waals surface area contributed by atoms with Crippen molar-refractivity contribution in [3.05, 3.63) is 24.2 Å². The predicted octanol–water partition coefficient (Wildman–Crippen LogP) is 2.90. The Hall–Kier alpha value is -1.01. The second kappa shape index (κ2) is 6.66. The lowest BCUT2D eigenvalue weighted by atomic mass is 10.2. The molecule has 0 aliphatic heterocycles. The Labute approximate surface area is 97.9 Å². The van der Waals surface area contributed by atoms with Gasteiger partial charge in [-0.15, -0.1) is 0 Å². The maximum absolute atomic E-state index is 11.7. The van der Waals surface area contributed by atoms with Crippen molar-refractivity contribution in [3.63, 3.8) is 0 Å². The molecule has 1 aromatic rings. The number of rotatable bonds is 7. The molecule has 1 aromatic heterocycles. The molecule has 1 heterocycles. The van der Waals surface area contributed by atoms with E-state index < -0.39 is 12.8 Å². The van der Waals surface area contributed by atoms with Gasteiger partial charge in [0, 0.05) is 6.61 Å². The second-order valence-electron chi connectivity index (χ2n) is 3.71. The van der Waals surface area contributed by atoms with Crippen LogP contribution in [-0.4, -0.2) is 25.9 Å². The van der Waals surface area contributed by atoms with E-state index in [1.165, 1.54) is 0 Å². The molecule has 3 nitrogen and oxygen atoms in total. The molecule has 0 saturated carbocycles. The van der Waals surface area contributed by atoms with Gasteiger partial charge in [-0.2, -0.15) is 13.2 Å². The lowest BCUT2D eigenvalue weighted by Gasteiger charge is -2.11. The van der Waals surface area contributed by atoms with E-state index in [-0.39, 0.29) is 12.6 Å². The van der Waals surface area contributed by atoms with Gasteiger partial charge in [-0.05, 0) is 32.0 Å². The third kappa shape index (κ3) is 6.33. The molecule has 0 fully saturated rings. The minimum atomic E-state index is -4.24. The van der Waals surface area contributed by atoms with Crippen LogP contribution in [0, 0.1) is 0 Å². The fourth-order valence-electron chi connectivity index (χ4n) is 1.32. The van der Waals surface area contributed by atoms with Crippen molar-refractivity contribution in [3.8, 4) is 0 Å². The Morgan fingerprint density at radius 1 is 1.47 bits per heavy atom. The molecule has 0 amide bonds. The highest BCUT2D eigenvalue weighted by atomic mass is 19.4. The van der Waals surface area contributed by atoms with Gasteiger partial charge in [-0.1, -0.05) is 0 Å². The zero-order chi connectivity index (χ0) is 12.7. The van der Waals surface area contributed by atoms with Gasteiger partial charge in [-0.25, -0.2) is 0 Å². The second-order valence-corrected chi connectivity index (χ2v) is 3.71. The number of halogens is 3. The smallest absolute Gasteiger partial charge is 0.411 e. The molecule has 98 valence electrons. The van der Waals surface area contributed by atoms with Crippen LogP contribution in [-0.2, 0) is 4.74 Å². The molecule has 0 aliphatic rings. The Kier molecular flexibility index (Phi) is 5.50. The van der Waals surface area contributed by atoms with Gasteiger partial charge >= 0.3 is 6.18 Å². The van der Waals surface area contributed by atoms with Gasteiger partial charge in [0.2, 0.25) is 0 Å². The van der Waals surface area contributed by atoms with Crippen molar-refractivity contribution in [2.24, 2.45) is 0 Å². The maximum atomic E-state index is 11.7. The molecule has 17 heavy (non-hydrogen) atoms. The van der Waals surface area contributed by atoms with E-state index >= 15 is 0 Å². The molecule has 0 aliphatic carbocycles. The van der Waals surface area contributed by atoms with E-state index in [0.717, 1.165) is 5.76 Å². The minimum absolute atomic E-state index is 0.0487. The van der Waals surface area contributed by atoms with Crippen molar-refractivity contribution in [2.45, 2.75) is 25.6 Å². The average Bonchev–Trinajstić information content (AvgIpc) is 2.74. The Morgan fingerprint density at radius 2 is 2.24 bits per heavy atom. The number of ether oxygens (including phenoxy) is 1. The predicted molar refractivity (Wildman–Crippen MR) is 56.6 cm³/mol. The monoisotopic (exact) mass is 251 g/mol. The number of nitrogens with one attached hydrogen (secondary N) is 1. The quantitative estimate of drug-likeness (QED) is 0.757. The summed E-state index contributed by atoms with van der Waals surface area (Å²) < 4.78 is 44.8. The van der Waals surface area contributed by atoms with Crippen LogP contribution in [0.2, 0.25) is 0 Å². The van der Waals surface area contributed by atoms with Gasteiger partial charge in [0.25, 0.3) is 0 Å². The lowest BCUT2D eigenvalue weighted by molar-refractivity contribution is -0.173. The summed E-state index contributed by atoms with van der Waals surface area (Å²) in [5.74, 6) is 0.807. The van der Waals surface area contributed by atoms with Gasteiger partial charge in [0.15, 0.2) is 0 Å². The van der Waals surface area contributed by atoms with E-state index in [1.807, 2.05) is 13.0 Å². The third-order valence-electron chi connectivity index (χ3n) is 2.15. The molecule has 0 bridgehead atoms. The molecule has 0 aromatic carbocycles. The first-order valence-electron chi connectivity index (χ1n) is 5.40. The number of furan rings is 1. The molecule has 1 atom stereocenters. The van der Waals surface area contributed by atoms with Gasteiger partial charge in [0.1, 0.15) is 12.4 Å². The molecular formula is C11H16F3NO2. The van der Waals surface area contributed by atoms with E-state index in [0.29, 0.717) is 13.0 Å². The molecule has 6 heteroatoms. The van der Waals surface area contributed by atoms with Gasteiger partial charge < -0.3 is 14.5 Å². The molecule has 1 N–H and O–H groups in total. The zero-order valence-electron chi connectivity index (χ0n) is 9.59. The first-order valence-corrected chi connectivity index (χ1v) is 5.40. The first kappa shape index (κ1) is 14.1. The number of alkyl halides is 3. The van der Waals surface area contributed by atoms with Crippen molar-refractivity contribution in [1.82, 2.24) is 5.32 Å². The van der Waals surface area contributed by atoms with Crippen LogP contribution in [0.3, 0.4) is 0 Å². The van der Waals surface area contributed by atoms with E-state index in [1.54, 1.807) is 12.3 Å². The largest absolute Gasteiger partial charge is 0.468 e. The van der Waals surface area contributed by atoms with Crippen LogP contribution in [0.4, 0.5) is 13.2 Å². The van der Waals surface area contributed by atoms with Crippen molar-refractivity contribution >= 4 is 0 Å². The van der Waals surface area contributed by atoms with Crippen LogP contribution >= 0.6 is 0 Å². The summed E-state index contributed by atoms with van der Waals surface area (Å²) in [5.41, 5.74) is 0. The van der Waals surface area contributed by atoms with Crippen LogP contribution < -0.4 is 5.32 Å². The maximum Gasteiger partial charge on any atom is 0.411 e. The van der Waals surface area contributed by atoms with Crippen LogP contribution in [0.1, 0.15) is 25.1 Å². The molecule has 0 saturated heterocycles. The first-order chi connectivity index (χ1) is 7.99. The minimum Gasteiger partial charge on any atom is -0.468 e. The van der Waals surface area contributed by atoms with Gasteiger partial charge in [0.05, 0.1) is 12.3 Å². The summed E-state index contributed by atoms with van der Waals surface area (Å²) in [6.07, 6.45) is -2.13. The van der Waals surface area contributed by atoms with E-state index in [9.17, 15) is 13.2 Å². The highest BCUT2D eigenvalue weighted by molar-refractivity contribution is 5.02. The average molecular weight is 251 g/mol. The molecule has 1 unspecified atom stereocenters. The molecule has 0 spiro atoms. The summed E-state index contributed by atoms with van der Waals surface area (Å²) in [5, 5.41) is 3.13. The Balaban J connectivity index is 2.01. The van der Waals surface area contributed by atoms with E-state index in [4.69, 9.17) is 4.42 Å². The third-order valence-corrected chi connectivity index (χ3v) is 2.15. The standard InChI is InChI=1S/C11H16F3NO2/c1-9(10-4-2-7-17-10)15-5-3-6-16-8-11(12,13)14/h2,4,7,9,15H,3,5-6,8H2,1H3. The highest BCUT2D eigenvalue weighted by Crippen LogP contribution is 2.14. The Morgan fingerprint density at radius 3 is 2.82 bits per heavy atom. The van der Waals surface area contributed by atoms with Crippen LogP contribution in [0.25, 0.3) is 0 Å². The van der Waals surface area contributed by atoms with Crippen LogP contribution in [0.5, 0.6) is 0 Å². The molecule has 0 radical (unpaired) electrons.